The van der Waals surface area contributed by atoms with E-state index in [4.69, 9.17) is 0 Å². The molecule has 0 aliphatic heterocycles. The predicted molar refractivity (Wildman–Crippen MR) is 71.0 cm³/mol. The Morgan fingerprint density at radius 3 is 2.45 bits per heavy atom. The van der Waals surface area contributed by atoms with Crippen molar-refractivity contribution in [1.29, 1.82) is 0 Å². The number of nitrogens with zero attached hydrogens (tertiary/aromatic N) is 1. The van der Waals surface area contributed by atoms with Crippen LogP contribution in [0, 0.1) is 19.7 Å². The number of carbonyl (C=O) groups is 1. The average Bonchev–Trinajstić information content (AvgIpc) is 2.82. The fourth-order valence-corrected chi connectivity index (χ4v) is 1.96. The van der Waals surface area contributed by atoms with E-state index in [-0.39, 0.29) is 17.7 Å². The molecular weight excluding hydrogens is 263 g/mol. The van der Waals surface area contributed by atoms with Crippen molar-refractivity contribution in [2.45, 2.75) is 26.8 Å². The molecule has 0 fully saturated rings. The molecule has 1 amide bonds. The zero-order valence-electron chi connectivity index (χ0n) is 11.4. The highest BCUT2D eigenvalue weighted by molar-refractivity contribution is 5.90. The number of hydrogen-bond acceptors (Lipinski definition) is 3. The molecule has 0 aliphatic rings. The molecule has 1 aromatic heterocycles. The fourth-order valence-electron chi connectivity index (χ4n) is 1.96. The SMILES string of the molecule is Cc1cc([C@H](C)NC(=O)c2n[nH]c(=O)[nH]2)cc(C)c1F. The molecule has 3 N–H and O–H groups in total. The average molecular weight is 278 g/mol. The van der Waals surface area contributed by atoms with Crippen LogP contribution in [0.1, 0.15) is 40.3 Å². The minimum Gasteiger partial charge on any atom is -0.343 e. The Balaban J connectivity index is 2.18. The third-order valence-electron chi connectivity index (χ3n) is 3.02. The first-order valence-electron chi connectivity index (χ1n) is 6.10. The van der Waals surface area contributed by atoms with Crippen molar-refractivity contribution >= 4 is 5.91 Å². The molecule has 1 heterocycles. The van der Waals surface area contributed by atoms with Crippen molar-refractivity contribution in [1.82, 2.24) is 20.5 Å². The number of rotatable bonds is 3. The standard InChI is InChI=1S/C13H15FN4O2/c1-6-4-9(5-7(2)10(6)14)8(3)15-12(19)11-16-13(20)18-17-11/h4-5,8H,1-3H3,(H,15,19)(H2,16,17,18,20)/t8-/m0/s1. The van der Waals surface area contributed by atoms with Crippen LogP contribution in [0.2, 0.25) is 0 Å². The lowest BCUT2D eigenvalue weighted by Gasteiger charge is -2.15. The summed E-state index contributed by atoms with van der Waals surface area (Å²) in [6.45, 7) is 5.12. The molecule has 0 saturated heterocycles. The van der Waals surface area contributed by atoms with Crippen LogP contribution in [0.5, 0.6) is 0 Å². The number of carbonyl (C=O) groups excluding carboxylic acids is 1. The maximum Gasteiger partial charge on any atom is 0.341 e. The van der Waals surface area contributed by atoms with E-state index in [1.165, 1.54) is 0 Å². The van der Waals surface area contributed by atoms with Crippen molar-refractivity contribution in [2.24, 2.45) is 0 Å². The Labute approximate surface area is 114 Å². The minimum absolute atomic E-state index is 0.0857. The Hall–Kier alpha value is -2.44. The van der Waals surface area contributed by atoms with Gasteiger partial charge in [0.15, 0.2) is 0 Å². The summed E-state index contributed by atoms with van der Waals surface area (Å²) in [5, 5.41) is 8.35. The summed E-state index contributed by atoms with van der Waals surface area (Å²) in [4.78, 5) is 25.0. The van der Waals surface area contributed by atoms with Crippen LogP contribution < -0.4 is 11.0 Å². The van der Waals surface area contributed by atoms with E-state index >= 15 is 0 Å². The maximum atomic E-state index is 13.6. The molecule has 7 heteroatoms. The van der Waals surface area contributed by atoms with Crippen LogP contribution in [-0.4, -0.2) is 21.1 Å². The van der Waals surface area contributed by atoms with Gasteiger partial charge in [0, 0.05) is 0 Å². The summed E-state index contributed by atoms with van der Waals surface area (Å²) >= 11 is 0. The topological polar surface area (TPSA) is 90.6 Å². The highest BCUT2D eigenvalue weighted by atomic mass is 19.1. The van der Waals surface area contributed by atoms with Crippen LogP contribution in [0.4, 0.5) is 4.39 Å². The van der Waals surface area contributed by atoms with Gasteiger partial charge in [-0.3, -0.25) is 9.78 Å². The second-order valence-corrected chi connectivity index (χ2v) is 4.69. The second kappa shape index (κ2) is 5.28. The number of halogens is 1. The lowest BCUT2D eigenvalue weighted by Crippen LogP contribution is -2.28. The van der Waals surface area contributed by atoms with Crippen LogP contribution >= 0.6 is 0 Å². The fraction of sp³-hybridized carbons (Fsp3) is 0.308. The van der Waals surface area contributed by atoms with Gasteiger partial charge in [0.2, 0.25) is 5.82 Å². The zero-order chi connectivity index (χ0) is 14.9. The number of nitrogens with one attached hydrogen (secondary N) is 3. The lowest BCUT2D eigenvalue weighted by molar-refractivity contribution is 0.0929. The number of benzene rings is 1. The van der Waals surface area contributed by atoms with E-state index in [2.05, 4.69) is 20.5 Å². The number of amides is 1. The van der Waals surface area contributed by atoms with E-state index in [0.717, 1.165) is 5.56 Å². The number of aromatic nitrogens is 3. The van der Waals surface area contributed by atoms with Crippen molar-refractivity contribution in [3.63, 3.8) is 0 Å². The summed E-state index contributed by atoms with van der Waals surface area (Å²) in [6.07, 6.45) is 0. The molecule has 0 aliphatic carbocycles. The van der Waals surface area contributed by atoms with Gasteiger partial charge in [0.25, 0.3) is 5.91 Å². The molecule has 6 nitrogen and oxygen atoms in total. The van der Waals surface area contributed by atoms with E-state index < -0.39 is 11.6 Å². The molecule has 0 bridgehead atoms. The molecule has 0 radical (unpaired) electrons. The summed E-state index contributed by atoms with van der Waals surface area (Å²) < 4.78 is 13.6. The summed E-state index contributed by atoms with van der Waals surface area (Å²) in [6, 6.07) is 3.03. The summed E-state index contributed by atoms with van der Waals surface area (Å²) in [5.41, 5.74) is 1.28. The van der Waals surface area contributed by atoms with E-state index in [1.54, 1.807) is 32.9 Å². The van der Waals surface area contributed by atoms with Crippen molar-refractivity contribution in [2.75, 3.05) is 0 Å². The van der Waals surface area contributed by atoms with E-state index in [9.17, 15) is 14.0 Å². The van der Waals surface area contributed by atoms with Crippen molar-refractivity contribution < 1.29 is 9.18 Å². The first kappa shape index (κ1) is 14.0. The van der Waals surface area contributed by atoms with E-state index in [0.29, 0.717) is 11.1 Å². The first-order chi connectivity index (χ1) is 9.38. The maximum absolute atomic E-state index is 13.6. The largest absolute Gasteiger partial charge is 0.343 e. The number of H-pyrrole nitrogens is 2. The van der Waals surface area contributed by atoms with Gasteiger partial charge in [0.05, 0.1) is 6.04 Å². The van der Waals surface area contributed by atoms with Gasteiger partial charge < -0.3 is 5.32 Å². The van der Waals surface area contributed by atoms with Crippen LogP contribution in [0.25, 0.3) is 0 Å². The normalized spacial score (nSPS) is 12.2. The smallest absolute Gasteiger partial charge is 0.341 e. The van der Waals surface area contributed by atoms with Crippen LogP contribution in [-0.2, 0) is 0 Å². The molecular formula is C13H15FN4O2. The zero-order valence-corrected chi connectivity index (χ0v) is 11.4. The molecule has 0 saturated carbocycles. The van der Waals surface area contributed by atoms with Gasteiger partial charge in [-0.15, -0.1) is 5.10 Å². The minimum atomic E-state index is -0.545. The van der Waals surface area contributed by atoms with Crippen LogP contribution in [0.15, 0.2) is 16.9 Å². The monoisotopic (exact) mass is 278 g/mol. The third kappa shape index (κ3) is 2.76. The van der Waals surface area contributed by atoms with Gasteiger partial charge in [-0.05, 0) is 37.5 Å². The number of aromatic amines is 2. The van der Waals surface area contributed by atoms with Crippen molar-refractivity contribution in [3.8, 4) is 0 Å². The Morgan fingerprint density at radius 1 is 1.35 bits per heavy atom. The Bertz CT molecular complexity index is 681. The van der Waals surface area contributed by atoms with Gasteiger partial charge in [-0.1, -0.05) is 12.1 Å². The molecule has 20 heavy (non-hydrogen) atoms. The molecule has 1 aromatic carbocycles. The lowest BCUT2D eigenvalue weighted by atomic mass is 10.0. The summed E-state index contributed by atoms with van der Waals surface area (Å²) in [7, 11) is 0. The Kier molecular flexibility index (Phi) is 3.69. The molecule has 0 unspecified atom stereocenters. The highest BCUT2D eigenvalue weighted by Crippen LogP contribution is 2.20. The highest BCUT2D eigenvalue weighted by Gasteiger charge is 2.16. The van der Waals surface area contributed by atoms with E-state index in [1.807, 2.05) is 0 Å². The number of aryl methyl sites for hydroxylation is 2. The molecule has 2 aromatic rings. The van der Waals surface area contributed by atoms with Gasteiger partial charge in [-0.25, -0.2) is 14.3 Å². The van der Waals surface area contributed by atoms with Crippen molar-refractivity contribution in [3.05, 3.63) is 50.9 Å². The first-order valence-corrected chi connectivity index (χ1v) is 6.10. The van der Waals surface area contributed by atoms with Gasteiger partial charge in [0.1, 0.15) is 5.82 Å². The quantitative estimate of drug-likeness (QED) is 0.791. The summed E-state index contributed by atoms with van der Waals surface area (Å²) in [5.74, 6) is -0.836. The Morgan fingerprint density at radius 2 is 1.95 bits per heavy atom. The molecule has 106 valence electrons. The molecule has 2 rings (SSSR count). The second-order valence-electron chi connectivity index (χ2n) is 4.69. The van der Waals surface area contributed by atoms with Crippen LogP contribution in [0.3, 0.4) is 0 Å². The van der Waals surface area contributed by atoms with Gasteiger partial charge >= 0.3 is 5.69 Å². The third-order valence-corrected chi connectivity index (χ3v) is 3.02. The molecule has 1 atom stereocenters. The number of hydrogen-bond donors (Lipinski definition) is 3. The molecule has 0 spiro atoms. The van der Waals surface area contributed by atoms with Gasteiger partial charge in [-0.2, -0.15) is 0 Å². The predicted octanol–water partition coefficient (Wildman–Crippen LogP) is 1.34.